The van der Waals surface area contributed by atoms with Gasteiger partial charge in [-0.3, -0.25) is 0 Å². The molecule has 1 rings (SSSR count). The van der Waals surface area contributed by atoms with E-state index in [1.807, 2.05) is 37.3 Å². The summed E-state index contributed by atoms with van der Waals surface area (Å²) >= 11 is 0. The van der Waals surface area contributed by atoms with E-state index in [-0.39, 0.29) is 18.9 Å². The van der Waals surface area contributed by atoms with Gasteiger partial charge in [-0.2, -0.15) is 4.31 Å². The Bertz CT molecular complexity index is 445. The predicted octanol–water partition coefficient (Wildman–Crippen LogP) is 1.65. The van der Waals surface area contributed by atoms with Gasteiger partial charge in [0, 0.05) is 13.1 Å². The molecule has 4 nitrogen and oxygen atoms in total. The van der Waals surface area contributed by atoms with Crippen molar-refractivity contribution in [2.75, 3.05) is 25.4 Å². The maximum Gasteiger partial charge on any atom is 0.214 e. The molecule has 0 aliphatic rings. The topological polar surface area (TPSA) is 57.6 Å². The summed E-state index contributed by atoms with van der Waals surface area (Å²) in [4.78, 5) is 0. The first kappa shape index (κ1) is 16.1. The Labute approximate surface area is 116 Å². The van der Waals surface area contributed by atoms with Crippen molar-refractivity contribution < 1.29 is 13.5 Å². The molecule has 0 heterocycles. The molecular weight excluding hydrogens is 262 g/mol. The van der Waals surface area contributed by atoms with Crippen molar-refractivity contribution in [3.8, 4) is 0 Å². The molecule has 1 aromatic carbocycles. The molecule has 19 heavy (non-hydrogen) atoms. The third-order valence-electron chi connectivity index (χ3n) is 3.00. The number of aryl methyl sites for hydroxylation is 1. The summed E-state index contributed by atoms with van der Waals surface area (Å²) in [5.41, 5.74) is 1.02. The highest BCUT2D eigenvalue weighted by Gasteiger charge is 2.20. The Hall–Kier alpha value is -0.910. The van der Waals surface area contributed by atoms with E-state index in [1.165, 1.54) is 4.31 Å². The van der Waals surface area contributed by atoms with Crippen LogP contribution in [0.2, 0.25) is 0 Å². The molecule has 0 aromatic heterocycles. The number of benzene rings is 1. The molecule has 0 unspecified atom stereocenters. The van der Waals surface area contributed by atoms with Crippen LogP contribution in [0.1, 0.15) is 25.3 Å². The maximum atomic E-state index is 12.2. The van der Waals surface area contributed by atoms with Gasteiger partial charge in [0.05, 0.1) is 12.4 Å². The number of aliphatic hydroxyl groups excluding tert-OH is 1. The van der Waals surface area contributed by atoms with Crippen molar-refractivity contribution >= 4 is 10.0 Å². The standard InChI is InChI=1S/C14H23NO3S/c1-2-3-10-15(11-12-16)19(17,18)13-9-14-7-5-4-6-8-14/h4-8,16H,2-3,9-13H2,1H3. The zero-order chi connectivity index (χ0) is 14.1. The van der Waals surface area contributed by atoms with E-state index in [1.54, 1.807) is 0 Å². The van der Waals surface area contributed by atoms with Gasteiger partial charge in [-0.1, -0.05) is 43.7 Å². The predicted molar refractivity (Wildman–Crippen MR) is 77.5 cm³/mol. The molecule has 0 atom stereocenters. The highest BCUT2D eigenvalue weighted by atomic mass is 32.2. The minimum absolute atomic E-state index is 0.0979. The second kappa shape index (κ2) is 8.30. The number of hydrogen-bond acceptors (Lipinski definition) is 3. The molecule has 108 valence electrons. The Morgan fingerprint density at radius 1 is 1.16 bits per heavy atom. The van der Waals surface area contributed by atoms with Crippen LogP contribution in [-0.2, 0) is 16.4 Å². The van der Waals surface area contributed by atoms with Crippen LogP contribution in [0, 0.1) is 0 Å². The van der Waals surface area contributed by atoms with Crippen LogP contribution in [0.15, 0.2) is 30.3 Å². The quantitative estimate of drug-likeness (QED) is 0.750. The highest BCUT2D eigenvalue weighted by molar-refractivity contribution is 7.89. The summed E-state index contributed by atoms with van der Waals surface area (Å²) in [7, 11) is -3.28. The molecule has 0 radical (unpaired) electrons. The van der Waals surface area contributed by atoms with Gasteiger partial charge in [0.1, 0.15) is 0 Å². The summed E-state index contributed by atoms with van der Waals surface area (Å²) in [6, 6.07) is 9.59. The minimum Gasteiger partial charge on any atom is -0.395 e. The van der Waals surface area contributed by atoms with Crippen molar-refractivity contribution in [2.45, 2.75) is 26.2 Å². The zero-order valence-corrected chi connectivity index (χ0v) is 12.3. The van der Waals surface area contributed by atoms with Crippen LogP contribution >= 0.6 is 0 Å². The smallest absolute Gasteiger partial charge is 0.214 e. The Balaban J connectivity index is 2.61. The lowest BCUT2D eigenvalue weighted by Gasteiger charge is -2.21. The fourth-order valence-electron chi connectivity index (χ4n) is 1.86. The number of unbranched alkanes of at least 4 members (excludes halogenated alkanes) is 1. The van der Waals surface area contributed by atoms with Crippen LogP contribution in [0.5, 0.6) is 0 Å². The summed E-state index contributed by atoms with van der Waals surface area (Å²) < 4.78 is 25.8. The number of rotatable bonds is 9. The van der Waals surface area contributed by atoms with Crippen LogP contribution in [0.4, 0.5) is 0 Å². The van der Waals surface area contributed by atoms with Gasteiger partial charge in [0.2, 0.25) is 10.0 Å². The molecule has 0 aliphatic heterocycles. The summed E-state index contributed by atoms with van der Waals surface area (Å²) in [5.74, 6) is 0.0979. The van der Waals surface area contributed by atoms with Gasteiger partial charge in [-0.05, 0) is 18.4 Å². The van der Waals surface area contributed by atoms with Crippen molar-refractivity contribution in [1.82, 2.24) is 4.31 Å². The maximum absolute atomic E-state index is 12.2. The van der Waals surface area contributed by atoms with E-state index in [2.05, 4.69) is 0 Å². The van der Waals surface area contributed by atoms with Crippen LogP contribution in [-0.4, -0.2) is 43.3 Å². The highest BCUT2D eigenvalue weighted by Crippen LogP contribution is 2.08. The van der Waals surface area contributed by atoms with E-state index in [0.717, 1.165) is 18.4 Å². The lowest BCUT2D eigenvalue weighted by Crippen LogP contribution is -2.36. The van der Waals surface area contributed by atoms with Gasteiger partial charge < -0.3 is 5.11 Å². The monoisotopic (exact) mass is 285 g/mol. The van der Waals surface area contributed by atoms with Gasteiger partial charge in [0.15, 0.2) is 0 Å². The first-order valence-electron chi connectivity index (χ1n) is 6.72. The minimum atomic E-state index is -3.28. The van der Waals surface area contributed by atoms with Crippen molar-refractivity contribution in [3.63, 3.8) is 0 Å². The average Bonchev–Trinajstić information content (AvgIpc) is 2.42. The fourth-order valence-corrected chi connectivity index (χ4v) is 3.38. The molecule has 0 amide bonds. The second-order valence-electron chi connectivity index (χ2n) is 4.53. The molecule has 1 N–H and O–H groups in total. The Morgan fingerprint density at radius 2 is 1.84 bits per heavy atom. The first-order chi connectivity index (χ1) is 9.10. The van der Waals surface area contributed by atoms with Crippen LogP contribution in [0.25, 0.3) is 0 Å². The zero-order valence-electron chi connectivity index (χ0n) is 11.5. The third-order valence-corrected chi connectivity index (χ3v) is 4.87. The normalized spacial score (nSPS) is 11.9. The molecular formula is C14H23NO3S. The number of hydrogen-bond donors (Lipinski definition) is 1. The average molecular weight is 285 g/mol. The van der Waals surface area contributed by atoms with E-state index < -0.39 is 10.0 Å². The van der Waals surface area contributed by atoms with E-state index in [0.29, 0.717) is 13.0 Å². The number of nitrogens with zero attached hydrogens (tertiary/aromatic N) is 1. The first-order valence-corrected chi connectivity index (χ1v) is 8.33. The van der Waals surface area contributed by atoms with E-state index >= 15 is 0 Å². The van der Waals surface area contributed by atoms with Gasteiger partial charge >= 0.3 is 0 Å². The molecule has 0 saturated carbocycles. The summed E-state index contributed by atoms with van der Waals surface area (Å²) in [5, 5.41) is 8.98. The van der Waals surface area contributed by atoms with Gasteiger partial charge in [-0.25, -0.2) is 8.42 Å². The van der Waals surface area contributed by atoms with Crippen molar-refractivity contribution in [1.29, 1.82) is 0 Å². The summed E-state index contributed by atoms with van der Waals surface area (Å²) in [6.45, 7) is 2.58. The van der Waals surface area contributed by atoms with Crippen LogP contribution in [0.3, 0.4) is 0 Å². The molecule has 0 aliphatic carbocycles. The van der Waals surface area contributed by atoms with Crippen molar-refractivity contribution in [3.05, 3.63) is 35.9 Å². The third kappa shape index (κ3) is 5.72. The Kier molecular flexibility index (Phi) is 7.05. The summed E-state index contributed by atoms with van der Waals surface area (Å²) in [6.07, 6.45) is 2.28. The lowest BCUT2D eigenvalue weighted by atomic mass is 10.2. The number of sulfonamides is 1. The molecule has 0 fully saturated rings. The van der Waals surface area contributed by atoms with Gasteiger partial charge in [-0.15, -0.1) is 0 Å². The Morgan fingerprint density at radius 3 is 2.42 bits per heavy atom. The molecule has 0 spiro atoms. The van der Waals surface area contributed by atoms with Gasteiger partial charge in [0.25, 0.3) is 0 Å². The SMILES string of the molecule is CCCCN(CCO)S(=O)(=O)CCc1ccccc1. The fraction of sp³-hybridized carbons (Fsp3) is 0.571. The molecule has 1 aromatic rings. The second-order valence-corrected chi connectivity index (χ2v) is 6.62. The van der Waals surface area contributed by atoms with E-state index in [4.69, 9.17) is 5.11 Å². The van der Waals surface area contributed by atoms with Crippen LogP contribution < -0.4 is 0 Å². The molecule has 5 heteroatoms. The lowest BCUT2D eigenvalue weighted by molar-refractivity contribution is 0.252. The molecule has 0 bridgehead atoms. The molecule has 0 saturated heterocycles. The number of aliphatic hydroxyl groups is 1. The largest absolute Gasteiger partial charge is 0.395 e. The van der Waals surface area contributed by atoms with Crippen molar-refractivity contribution in [2.24, 2.45) is 0 Å². The van der Waals surface area contributed by atoms with E-state index in [9.17, 15) is 8.42 Å².